The number of unbranched alkanes of at least 4 members (excludes halogenated alkanes) is 2. The highest BCUT2D eigenvalue weighted by molar-refractivity contribution is 5.69. The Hall–Kier alpha value is -0.610. The Bertz CT molecular complexity index is 188. The van der Waals surface area contributed by atoms with Gasteiger partial charge in [-0.2, -0.15) is 0 Å². The number of hydrogen-bond acceptors (Lipinski definition) is 3. The van der Waals surface area contributed by atoms with Gasteiger partial charge in [0.1, 0.15) is 0 Å². The fraction of sp³-hybridized carbons (Fsp3) is 0.929. The van der Waals surface area contributed by atoms with Crippen LogP contribution in [0.25, 0.3) is 0 Å². The number of ether oxygens (including phenoxy) is 1. The Morgan fingerprint density at radius 3 is 2.06 bits per heavy atom. The molecular formula is C14H32NO3+. The van der Waals surface area contributed by atoms with Gasteiger partial charge in [0.05, 0.1) is 34.3 Å². The van der Waals surface area contributed by atoms with Gasteiger partial charge in [0.15, 0.2) is 0 Å². The van der Waals surface area contributed by atoms with Crippen molar-refractivity contribution in [3.05, 3.63) is 0 Å². The molecule has 4 nitrogen and oxygen atoms in total. The molecule has 0 saturated carbocycles. The summed E-state index contributed by atoms with van der Waals surface area (Å²) in [7, 11) is 6.36. The highest BCUT2D eigenvalue weighted by Crippen LogP contribution is 1.99. The van der Waals surface area contributed by atoms with Gasteiger partial charge in [0.2, 0.25) is 0 Å². The van der Waals surface area contributed by atoms with Gasteiger partial charge in [-0.05, 0) is 13.3 Å². The third-order valence-electron chi connectivity index (χ3n) is 2.28. The molecule has 0 aromatic heterocycles. The lowest BCUT2D eigenvalue weighted by Crippen LogP contribution is -2.35. The minimum Gasteiger partial charge on any atom is -0.466 e. The SMILES string of the molecule is CCCCCC(=O)OCC.C[N+](C)(C)CCCO. The first kappa shape index (κ1) is 19.7. The summed E-state index contributed by atoms with van der Waals surface area (Å²) < 4.78 is 5.69. The summed E-state index contributed by atoms with van der Waals surface area (Å²) in [6.07, 6.45) is 4.73. The highest BCUT2D eigenvalue weighted by Gasteiger charge is 2.03. The standard InChI is InChI=1S/C8H16O2.C6H16NO/c1-3-5-6-7-8(9)10-4-2;1-7(2,3)5-4-6-8/h3-7H2,1-2H3;8H,4-6H2,1-3H3/q;+1. The van der Waals surface area contributed by atoms with Crippen molar-refractivity contribution >= 4 is 5.97 Å². The van der Waals surface area contributed by atoms with E-state index in [0.29, 0.717) is 19.6 Å². The molecule has 110 valence electrons. The van der Waals surface area contributed by atoms with Crippen LogP contribution in [0.15, 0.2) is 0 Å². The average Bonchev–Trinajstić information content (AvgIpc) is 2.27. The lowest BCUT2D eigenvalue weighted by Gasteiger charge is -2.22. The zero-order valence-corrected chi connectivity index (χ0v) is 12.9. The van der Waals surface area contributed by atoms with E-state index in [2.05, 4.69) is 28.1 Å². The van der Waals surface area contributed by atoms with E-state index in [1.807, 2.05) is 6.92 Å². The van der Waals surface area contributed by atoms with Crippen LogP contribution in [0.3, 0.4) is 0 Å². The number of carbonyl (C=O) groups is 1. The summed E-state index contributed by atoms with van der Waals surface area (Å²) in [5, 5.41) is 8.42. The maximum Gasteiger partial charge on any atom is 0.305 e. The number of aliphatic hydroxyl groups excluding tert-OH is 1. The fourth-order valence-corrected chi connectivity index (χ4v) is 1.30. The normalized spacial score (nSPS) is 10.6. The molecule has 0 radical (unpaired) electrons. The van der Waals surface area contributed by atoms with Gasteiger partial charge in [-0.3, -0.25) is 4.79 Å². The first-order valence-electron chi connectivity index (χ1n) is 6.94. The maximum atomic E-state index is 10.7. The van der Waals surface area contributed by atoms with Crippen molar-refractivity contribution in [3.63, 3.8) is 0 Å². The summed E-state index contributed by atoms with van der Waals surface area (Å²) >= 11 is 0. The van der Waals surface area contributed by atoms with Gasteiger partial charge >= 0.3 is 5.97 Å². The van der Waals surface area contributed by atoms with Crippen molar-refractivity contribution in [2.24, 2.45) is 0 Å². The Balaban J connectivity index is 0. The van der Waals surface area contributed by atoms with Crippen LogP contribution in [0.2, 0.25) is 0 Å². The lowest BCUT2D eigenvalue weighted by molar-refractivity contribution is -0.870. The molecular weight excluding hydrogens is 230 g/mol. The predicted molar refractivity (Wildman–Crippen MR) is 75.4 cm³/mol. The smallest absolute Gasteiger partial charge is 0.305 e. The number of esters is 1. The van der Waals surface area contributed by atoms with Gasteiger partial charge in [-0.25, -0.2) is 0 Å². The molecule has 0 aromatic carbocycles. The van der Waals surface area contributed by atoms with Gasteiger partial charge < -0.3 is 14.3 Å². The summed E-state index contributed by atoms with van der Waals surface area (Å²) in [5.74, 6) is -0.0593. The van der Waals surface area contributed by atoms with Crippen molar-refractivity contribution in [1.82, 2.24) is 0 Å². The molecule has 0 aliphatic rings. The van der Waals surface area contributed by atoms with Gasteiger partial charge in [0.25, 0.3) is 0 Å². The number of hydrogen-bond donors (Lipinski definition) is 1. The van der Waals surface area contributed by atoms with E-state index in [-0.39, 0.29) is 5.97 Å². The number of rotatable bonds is 8. The van der Waals surface area contributed by atoms with E-state index in [9.17, 15) is 4.79 Å². The van der Waals surface area contributed by atoms with E-state index in [0.717, 1.165) is 36.7 Å². The summed E-state index contributed by atoms with van der Waals surface area (Å²) in [4.78, 5) is 10.7. The van der Waals surface area contributed by atoms with Crippen LogP contribution in [-0.2, 0) is 9.53 Å². The zero-order chi connectivity index (χ0) is 14.4. The quantitative estimate of drug-likeness (QED) is 0.414. The molecule has 0 atom stereocenters. The number of quaternary nitrogens is 1. The molecule has 0 aliphatic heterocycles. The molecule has 0 unspecified atom stereocenters. The first-order valence-corrected chi connectivity index (χ1v) is 6.94. The zero-order valence-electron chi connectivity index (χ0n) is 12.9. The largest absolute Gasteiger partial charge is 0.466 e. The number of carbonyl (C=O) groups excluding carboxylic acids is 1. The second-order valence-electron chi connectivity index (χ2n) is 5.35. The molecule has 18 heavy (non-hydrogen) atoms. The molecule has 0 heterocycles. The Morgan fingerprint density at radius 2 is 1.72 bits per heavy atom. The second-order valence-corrected chi connectivity index (χ2v) is 5.35. The van der Waals surface area contributed by atoms with Gasteiger partial charge in [-0.15, -0.1) is 0 Å². The van der Waals surface area contributed by atoms with Crippen LogP contribution in [0.5, 0.6) is 0 Å². The topological polar surface area (TPSA) is 46.5 Å². The minimum atomic E-state index is -0.0593. The lowest BCUT2D eigenvalue weighted by atomic mass is 10.2. The van der Waals surface area contributed by atoms with Gasteiger partial charge in [0, 0.05) is 19.4 Å². The predicted octanol–water partition coefficient (Wildman–Crippen LogP) is 2.20. The average molecular weight is 262 g/mol. The van der Waals surface area contributed by atoms with Crippen molar-refractivity contribution in [2.45, 2.75) is 46.0 Å². The molecule has 4 heteroatoms. The van der Waals surface area contributed by atoms with Crippen molar-refractivity contribution in [3.8, 4) is 0 Å². The van der Waals surface area contributed by atoms with Crippen LogP contribution >= 0.6 is 0 Å². The summed E-state index contributed by atoms with van der Waals surface area (Å²) in [5.41, 5.74) is 0. The number of aliphatic hydroxyl groups is 1. The third kappa shape index (κ3) is 20.8. The highest BCUT2D eigenvalue weighted by atomic mass is 16.5. The molecule has 0 bridgehead atoms. The van der Waals surface area contributed by atoms with E-state index >= 15 is 0 Å². The van der Waals surface area contributed by atoms with E-state index in [1.165, 1.54) is 0 Å². The molecule has 0 fully saturated rings. The molecule has 0 amide bonds. The minimum absolute atomic E-state index is 0.0593. The molecule has 0 spiro atoms. The van der Waals surface area contributed by atoms with Crippen LogP contribution in [0.1, 0.15) is 46.0 Å². The van der Waals surface area contributed by atoms with E-state index in [4.69, 9.17) is 9.84 Å². The molecule has 0 saturated heterocycles. The monoisotopic (exact) mass is 262 g/mol. The van der Waals surface area contributed by atoms with Crippen molar-refractivity contribution in [1.29, 1.82) is 0 Å². The first-order chi connectivity index (χ1) is 8.37. The van der Waals surface area contributed by atoms with Crippen LogP contribution in [0, 0.1) is 0 Å². The maximum absolute atomic E-state index is 10.7. The van der Waals surface area contributed by atoms with Crippen molar-refractivity contribution < 1.29 is 19.1 Å². The fourth-order valence-electron chi connectivity index (χ4n) is 1.30. The molecule has 0 rings (SSSR count). The van der Waals surface area contributed by atoms with Crippen molar-refractivity contribution in [2.75, 3.05) is 40.9 Å². The number of nitrogens with zero attached hydrogens (tertiary/aromatic N) is 1. The molecule has 0 aliphatic carbocycles. The summed E-state index contributed by atoms with van der Waals surface area (Å²) in [6, 6.07) is 0. The van der Waals surface area contributed by atoms with E-state index in [1.54, 1.807) is 0 Å². The van der Waals surface area contributed by atoms with Crippen LogP contribution < -0.4 is 0 Å². The van der Waals surface area contributed by atoms with Gasteiger partial charge in [-0.1, -0.05) is 19.8 Å². The Kier molecular flexibility index (Phi) is 14.1. The van der Waals surface area contributed by atoms with E-state index < -0.39 is 0 Å². The Morgan fingerprint density at radius 1 is 1.11 bits per heavy atom. The third-order valence-corrected chi connectivity index (χ3v) is 2.28. The van der Waals surface area contributed by atoms with Crippen LogP contribution in [-0.4, -0.2) is 56.5 Å². The van der Waals surface area contributed by atoms with Crippen LogP contribution in [0.4, 0.5) is 0 Å². The second kappa shape index (κ2) is 12.8. The molecule has 1 N–H and O–H groups in total. The molecule has 0 aromatic rings. The Labute approximate surface area is 113 Å². The summed E-state index contributed by atoms with van der Waals surface area (Å²) in [6.45, 7) is 5.82.